The van der Waals surface area contributed by atoms with Crippen LogP contribution in [0.2, 0.25) is 0 Å². The van der Waals surface area contributed by atoms with Crippen LogP contribution in [0.4, 0.5) is 5.82 Å². The maximum absolute atomic E-state index is 12.2. The average Bonchev–Trinajstić information content (AvgIpc) is 2.70. The molecule has 0 atom stereocenters. The number of nitrogen functional groups attached to an aromatic ring is 1. The van der Waals surface area contributed by atoms with Gasteiger partial charge in [-0.2, -0.15) is 9.40 Å². The van der Waals surface area contributed by atoms with Crippen molar-refractivity contribution in [3.05, 3.63) is 6.20 Å². The lowest BCUT2D eigenvalue weighted by atomic mass is 10.3. The summed E-state index contributed by atoms with van der Waals surface area (Å²) in [5, 5.41) is 5.90. The van der Waals surface area contributed by atoms with E-state index >= 15 is 0 Å². The summed E-state index contributed by atoms with van der Waals surface area (Å²) in [4.78, 5) is 10.8. The first-order chi connectivity index (χ1) is 8.39. The molecule has 0 radical (unpaired) electrons. The Morgan fingerprint density at radius 3 is 2.67 bits per heavy atom. The summed E-state index contributed by atoms with van der Waals surface area (Å²) >= 11 is 0. The first-order valence-electron chi connectivity index (χ1n) is 5.47. The number of amides is 1. The molecule has 0 aliphatic heterocycles. The minimum atomic E-state index is -3.84. The number of primary amides is 1. The molecule has 0 fully saturated rings. The lowest BCUT2D eigenvalue weighted by Gasteiger charge is -2.19. The number of hydrogen-bond donors (Lipinski definition) is 3. The van der Waals surface area contributed by atoms with E-state index in [9.17, 15) is 13.2 Å². The number of sulfonamides is 1. The van der Waals surface area contributed by atoms with Crippen LogP contribution in [0.3, 0.4) is 0 Å². The molecule has 1 aromatic heterocycles. The molecule has 0 saturated heterocycles. The molecule has 18 heavy (non-hydrogen) atoms. The number of nitrogens with two attached hydrogens (primary N) is 2. The minimum absolute atomic E-state index is 0.0547. The molecule has 1 heterocycles. The van der Waals surface area contributed by atoms with Crippen molar-refractivity contribution in [2.24, 2.45) is 5.73 Å². The fraction of sp³-hybridized carbons (Fsp3) is 0.556. The molecule has 102 valence electrons. The molecule has 8 nitrogen and oxygen atoms in total. The first-order valence-corrected chi connectivity index (χ1v) is 6.91. The number of nitrogens with one attached hydrogen (secondary N) is 1. The number of H-pyrrole nitrogens is 1. The fourth-order valence-electron chi connectivity index (χ4n) is 1.42. The highest BCUT2D eigenvalue weighted by Gasteiger charge is 2.28. The average molecular weight is 275 g/mol. The van der Waals surface area contributed by atoms with Gasteiger partial charge in [-0.1, -0.05) is 13.3 Å². The Morgan fingerprint density at radius 1 is 1.56 bits per heavy atom. The van der Waals surface area contributed by atoms with Crippen molar-refractivity contribution in [1.29, 1.82) is 0 Å². The molecule has 0 aromatic carbocycles. The highest BCUT2D eigenvalue weighted by Crippen LogP contribution is 2.19. The van der Waals surface area contributed by atoms with E-state index in [-0.39, 0.29) is 23.8 Å². The van der Waals surface area contributed by atoms with Gasteiger partial charge < -0.3 is 11.5 Å². The molecule has 9 heteroatoms. The van der Waals surface area contributed by atoms with E-state index in [0.29, 0.717) is 6.42 Å². The summed E-state index contributed by atoms with van der Waals surface area (Å²) in [5.41, 5.74) is 10.5. The van der Waals surface area contributed by atoms with E-state index < -0.39 is 15.9 Å². The summed E-state index contributed by atoms with van der Waals surface area (Å²) < 4.78 is 25.5. The van der Waals surface area contributed by atoms with Crippen molar-refractivity contribution < 1.29 is 13.2 Å². The van der Waals surface area contributed by atoms with E-state index in [0.717, 1.165) is 16.9 Å². The van der Waals surface area contributed by atoms with Gasteiger partial charge in [-0.15, -0.1) is 0 Å². The number of carbonyl (C=O) groups excluding carboxylic acids is 1. The Kier molecular flexibility index (Phi) is 4.68. The van der Waals surface area contributed by atoms with E-state index in [4.69, 9.17) is 11.5 Å². The van der Waals surface area contributed by atoms with Crippen LogP contribution in [0, 0.1) is 0 Å². The van der Waals surface area contributed by atoms with Gasteiger partial charge in [0.25, 0.3) is 0 Å². The zero-order valence-electron chi connectivity index (χ0n) is 10.1. The number of unbranched alkanes of at least 4 members (excludes halogenated alkanes) is 1. The van der Waals surface area contributed by atoms with Crippen LogP contribution < -0.4 is 11.5 Å². The molecule has 0 aliphatic carbocycles. The van der Waals surface area contributed by atoms with Gasteiger partial charge in [-0.25, -0.2) is 8.42 Å². The SMILES string of the molecule is CCCCN(CC(N)=O)S(=O)(=O)c1cn[nH]c1N. The van der Waals surface area contributed by atoms with Gasteiger partial charge in [0.05, 0.1) is 12.7 Å². The quantitative estimate of drug-likeness (QED) is 0.602. The van der Waals surface area contributed by atoms with Crippen molar-refractivity contribution >= 4 is 21.7 Å². The summed E-state index contributed by atoms with van der Waals surface area (Å²) in [6.07, 6.45) is 2.54. The molecule has 0 spiro atoms. The summed E-state index contributed by atoms with van der Waals surface area (Å²) in [5.74, 6) is -0.766. The summed E-state index contributed by atoms with van der Waals surface area (Å²) in [7, 11) is -3.84. The number of hydrogen-bond acceptors (Lipinski definition) is 5. The van der Waals surface area contributed by atoms with Gasteiger partial charge in [0.15, 0.2) is 0 Å². The van der Waals surface area contributed by atoms with Crippen LogP contribution in [0.25, 0.3) is 0 Å². The van der Waals surface area contributed by atoms with Crippen molar-refractivity contribution in [2.45, 2.75) is 24.7 Å². The fourth-order valence-corrected chi connectivity index (χ4v) is 2.88. The minimum Gasteiger partial charge on any atom is -0.383 e. The van der Waals surface area contributed by atoms with Crippen LogP contribution in [0.15, 0.2) is 11.1 Å². The normalized spacial score (nSPS) is 11.9. The summed E-state index contributed by atoms with van der Waals surface area (Å²) in [6, 6.07) is 0. The number of aromatic amines is 1. The third-order valence-corrected chi connectivity index (χ3v) is 4.22. The molecule has 1 rings (SSSR count). The van der Waals surface area contributed by atoms with E-state index in [2.05, 4.69) is 10.2 Å². The zero-order valence-corrected chi connectivity index (χ0v) is 10.9. The molecular weight excluding hydrogens is 258 g/mol. The maximum Gasteiger partial charge on any atom is 0.248 e. The van der Waals surface area contributed by atoms with Gasteiger partial charge in [0.1, 0.15) is 10.7 Å². The van der Waals surface area contributed by atoms with E-state index in [1.165, 1.54) is 0 Å². The van der Waals surface area contributed by atoms with Crippen molar-refractivity contribution in [3.63, 3.8) is 0 Å². The third kappa shape index (κ3) is 3.20. The molecule has 5 N–H and O–H groups in total. The molecule has 1 amide bonds. The van der Waals surface area contributed by atoms with Crippen LogP contribution in [0.5, 0.6) is 0 Å². The Balaban J connectivity index is 3.03. The number of anilines is 1. The second-order valence-corrected chi connectivity index (χ2v) is 5.71. The summed E-state index contributed by atoms with van der Waals surface area (Å²) in [6.45, 7) is 1.76. The number of carbonyl (C=O) groups is 1. The highest BCUT2D eigenvalue weighted by molar-refractivity contribution is 7.89. The van der Waals surface area contributed by atoms with Gasteiger partial charge in [0, 0.05) is 6.54 Å². The lowest BCUT2D eigenvalue weighted by molar-refractivity contribution is -0.118. The monoisotopic (exact) mass is 275 g/mol. The maximum atomic E-state index is 12.2. The lowest BCUT2D eigenvalue weighted by Crippen LogP contribution is -2.39. The van der Waals surface area contributed by atoms with Crippen molar-refractivity contribution in [3.8, 4) is 0 Å². The topological polar surface area (TPSA) is 135 Å². The Morgan fingerprint density at radius 2 is 2.22 bits per heavy atom. The van der Waals surface area contributed by atoms with Crippen LogP contribution >= 0.6 is 0 Å². The van der Waals surface area contributed by atoms with Crippen LogP contribution in [-0.4, -0.2) is 41.9 Å². The number of nitrogens with zero attached hydrogens (tertiary/aromatic N) is 2. The predicted octanol–water partition coefficient (Wildman–Crippen LogP) is -0.732. The van der Waals surface area contributed by atoms with Gasteiger partial charge in [-0.3, -0.25) is 9.89 Å². The largest absolute Gasteiger partial charge is 0.383 e. The van der Waals surface area contributed by atoms with E-state index in [1.54, 1.807) is 0 Å². The molecule has 0 bridgehead atoms. The van der Waals surface area contributed by atoms with Gasteiger partial charge >= 0.3 is 0 Å². The standard InChI is InChI=1S/C9H17N5O3S/c1-2-3-4-14(6-8(10)15)18(16,17)7-5-12-13-9(7)11/h5H,2-4,6H2,1H3,(H2,10,15)(H3,11,12,13). The number of rotatable bonds is 7. The van der Waals surface area contributed by atoms with Crippen LogP contribution in [0.1, 0.15) is 19.8 Å². The second kappa shape index (κ2) is 5.83. The molecule has 1 aromatic rings. The van der Waals surface area contributed by atoms with Crippen molar-refractivity contribution in [1.82, 2.24) is 14.5 Å². The Hall–Kier alpha value is -1.61. The van der Waals surface area contributed by atoms with Gasteiger partial charge in [-0.05, 0) is 6.42 Å². The Bertz CT molecular complexity index is 510. The van der Waals surface area contributed by atoms with E-state index in [1.807, 2.05) is 6.92 Å². The molecular formula is C9H17N5O3S. The van der Waals surface area contributed by atoms with Crippen molar-refractivity contribution in [2.75, 3.05) is 18.8 Å². The highest BCUT2D eigenvalue weighted by atomic mass is 32.2. The van der Waals surface area contributed by atoms with Crippen LogP contribution in [-0.2, 0) is 14.8 Å². The second-order valence-electron chi connectivity index (χ2n) is 3.81. The molecule has 0 saturated carbocycles. The molecule has 0 unspecified atom stereocenters. The zero-order chi connectivity index (χ0) is 13.8. The van der Waals surface area contributed by atoms with Gasteiger partial charge in [0.2, 0.25) is 15.9 Å². The smallest absolute Gasteiger partial charge is 0.248 e. The number of aromatic nitrogens is 2. The predicted molar refractivity (Wildman–Crippen MR) is 65.9 cm³/mol. The third-order valence-electron chi connectivity index (χ3n) is 2.34. The molecule has 0 aliphatic rings. The Labute approximate surface area is 105 Å². The first kappa shape index (κ1) is 14.5.